The van der Waals surface area contributed by atoms with Gasteiger partial charge in [-0.2, -0.15) is 5.10 Å². The Labute approximate surface area is 191 Å². The van der Waals surface area contributed by atoms with Gasteiger partial charge in [-0.1, -0.05) is 6.07 Å². The van der Waals surface area contributed by atoms with E-state index in [2.05, 4.69) is 18.0 Å². The second-order valence-electron chi connectivity index (χ2n) is 8.66. The quantitative estimate of drug-likeness (QED) is 0.435. The second-order valence-corrected chi connectivity index (χ2v) is 8.66. The lowest BCUT2D eigenvalue weighted by Gasteiger charge is -2.24. The number of anilines is 1. The van der Waals surface area contributed by atoms with Gasteiger partial charge < -0.3 is 10.5 Å². The zero-order valence-electron chi connectivity index (χ0n) is 18.5. The molecule has 0 spiro atoms. The average molecular weight is 442 g/mol. The van der Waals surface area contributed by atoms with E-state index in [0.29, 0.717) is 11.6 Å². The molecule has 6 nitrogen and oxygen atoms in total. The van der Waals surface area contributed by atoms with Crippen LogP contribution in [0.1, 0.15) is 54.7 Å². The maximum atomic E-state index is 14.4. The highest BCUT2D eigenvalue weighted by Crippen LogP contribution is 2.47. The molecule has 2 aliphatic rings. The van der Waals surface area contributed by atoms with E-state index in [1.807, 2.05) is 23.7 Å². The Hall–Kier alpha value is -3.74. The van der Waals surface area contributed by atoms with Crippen molar-refractivity contribution in [3.63, 3.8) is 0 Å². The summed E-state index contributed by atoms with van der Waals surface area (Å²) < 4.78 is 22.7. The van der Waals surface area contributed by atoms with E-state index in [4.69, 9.17) is 20.6 Å². The van der Waals surface area contributed by atoms with Crippen molar-refractivity contribution in [1.29, 1.82) is 0 Å². The van der Waals surface area contributed by atoms with E-state index in [9.17, 15) is 4.39 Å². The van der Waals surface area contributed by atoms with Gasteiger partial charge in [-0.05, 0) is 62.6 Å². The van der Waals surface area contributed by atoms with Gasteiger partial charge in [0.15, 0.2) is 11.6 Å². The Kier molecular flexibility index (Phi) is 4.47. The summed E-state index contributed by atoms with van der Waals surface area (Å²) in [5.41, 5.74) is 14.0. The average Bonchev–Trinajstić information content (AvgIpc) is 3.39. The van der Waals surface area contributed by atoms with Gasteiger partial charge in [0, 0.05) is 47.1 Å². The Bertz CT molecular complexity index is 1400. The van der Waals surface area contributed by atoms with Crippen LogP contribution in [0.2, 0.25) is 0 Å². The van der Waals surface area contributed by atoms with Crippen LogP contribution in [0, 0.1) is 5.82 Å². The third-order valence-electron chi connectivity index (χ3n) is 6.76. The molecule has 2 bridgehead atoms. The van der Waals surface area contributed by atoms with Crippen molar-refractivity contribution in [1.82, 2.24) is 19.7 Å². The Morgan fingerprint density at radius 3 is 2.91 bits per heavy atom. The van der Waals surface area contributed by atoms with Crippen molar-refractivity contribution in [2.24, 2.45) is 0 Å². The van der Waals surface area contributed by atoms with Crippen LogP contribution in [-0.2, 0) is 13.0 Å². The third-order valence-corrected chi connectivity index (χ3v) is 6.76. The molecule has 0 fully saturated rings. The van der Waals surface area contributed by atoms with Crippen molar-refractivity contribution < 1.29 is 9.13 Å². The Morgan fingerprint density at radius 2 is 2.06 bits per heavy atom. The maximum absolute atomic E-state index is 14.4. The van der Waals surface area contributed by atoms with Crippen molar-refractivity contribution in [3.8, 4) is 28.3 Å². The number of benzene rings is 1. The number of pyridine rings is 2. The molecular formula is C26H24FN5O. The van der Waals surface area contributed by atoms with Crippen LogP contribution >= 0.6 is 0 Å². The van der Waals surface area contributed by atoms with Crippen LogP contribution in [0.3, 0.4) is 0 Å². The molecule has 0 amide bonds. The van der Waals surface area contributed by atoms with Crippen LogP contribution in [0.15, 0.2) is 48.8 Å². The molecule has 4 aromatic rings. The van der Waals surface area contributed by atoms with Gasteiger partial charge in [0.2, 0.25) is 0 Å². The highest BCUT2D eigenvalue weighted by molar-refractivity contribution is 5.74. The summed E-state index contributed by atoms with van der Waals surface area (Å²) in [6.45, 7) is 4.73. The van der Waals surface area contributed by atoms with E-state index >= 15 is 0 Å². The molecule has 1 aliphatic heterocycles. The normalized spacial score (nSPS) is 18.4. The number of halogens is 1. The minimum atomic E-state index is -0.459. The molecule has 1 unspecified atom stereocenters. The van der Waals surface area contributed by atoms with Gasteiger partial charge in [-0.3, -0.25) is 9.67 Å². The molecule has 0 saturated heterocycles. The fourth-order valence-corrected chi connectivity index (χ4v) is 5.29. The first kappa shape index (κ1) is 19.9. The van der Waals surface area contributed by atoms with Gasteiger partial charge in [0.05, 0.1) is 17.1 Å². The molecule has 6 rings (SSSR count). The van der Waals surface area contributed by atoms with Gasteiger partial charge in [0.25, 0.3) is 0 Å². The summed E-state index contributed by atoms with van der Waals surface area (Å²) in [6, 6.07) is 10.8. The van der Waals surface area contributed by atoms with Crippen molar-refractivity contribution in [3.05, 3.63) is 77.0 Å². The van der Waals surface area contributed by atoms with E-state index in [1.165, 1.54) is 17.7 Å². The van der Waals surface area contributed by atoms with Gasteiger partial charge in [0.1, 0.15) is 11.9 Å². The van der Waals surface area contributed by atoms with Crippen LogP contribution in [0.5, 0.6) is 5.75 Å². The Balaban J connectivity index is 1.71. The number of aromatic nitrogens is 4. The lowest BCUT2D eigenvalue weighted by molar-refractivity contribution is 0.227. The van der Waals surface area contributed by atoms with Crippen molar-refractivity contribution >= 4 is 5.82 Å². The van der Waals surface area contributed by atoms with Crippen LogP contribution in [0.4, 0.5) is 10.2 Å². The fourth-order valence-electron chi connectivity index (χ4n) is 5.29. The summed E-state index contributed by atoms with van der Waals surface area (Å²) in [6.07, 6.45) is 4.97. The summed E-state index contributed by atoms with van der Waals surface area (Å²) in [5, 5.41) is 4.93. The minimum Gasteiger partial charge on any atom is -0.482 e. The summed E-state index contributed by atoms with van der Waals surface area (Å²) >= 11 is 0. The molecule has 7 heteroatoms. The van der Waals surface area contributed by atoms with Crippen molar-refractivity contribution in [2.75, 3.05) is 5.73 Å². The predicted octanol–water partition coefficient (Wildman–Crippen LogP) is 5.28. The first-order chi connectivity index (χ1) is 16.0. The fraction of sp³-hybridized carbons (Fsp3) is 0.269. The topological polar surface area (TPSA) is 78.9 Å². The molecule has 2 atom stereocenters. The molecule has 0 radical (unpaired) electrons. The number of ether oxygens (including phenoxy) is 1. The number of rotatable bonds is 1. The molecule has 0 saturated carbocycles. The number of hydrogen-bond acceptors (Lipinski definition) is 5. The number of aryl methyl sites for hydroxylation is 2. The van der Waals surface area contributed by atoms with Crippen molar-refractivity contribution in [2.45, 2.75) is 45.3 Å². The first-order valence-electron chi connectivity index (χ1n) is 11.3. The zero-order valence-corrected chi connectivity index (χ0v) is 18.5. The largest absolute Gasteiger partial charge is 0.482 e. The molecule has 3 aromatic heterocycles. The van der Waals surface area contributed by atoms with Crippen LogP contribution in [-0.4, -0.2) is 19.7 Å². The van der Waals surface area contributed by atoms with Gasteiger partial charge in [-0.15, -0.1) is 0 Å². The predicted molar refractivity (Wildman–Crippen MR) is 124 cm³/mol. The van der Waals surface area contributed by atoms with E-state index in [-0.39, 0.29) is 11.7 Å². The lowest BCUT2D eigenvalue weighted by Crippen LogP contribution is -2.11. The number of nitrogen functional groups attached to an aromatic ring is 1. The molecule has 1 aliphatic carbocycles. The Morgan fingerprint density at radius 1 is 1.18 bits per heavy atom. The molecule has 4 heterocycles. The molecular weight excluding hydrogens is 417 g/mol. The van der Waals surface area contributed by atoms with Crippen LogP contribution < -0.4 is 10.5 Å². The smallest absolute Gasteiger partial charge is 0.166 e. The molecule has 1 aromatic carbocycles. The van der Waals surface area contributed by atoms with Crippen LogP contribution in [0.25, 0.3) is 22.5 Å². The highest BCUT2D eigenvalue weighted by atomic mass is 19.1. The second kappa shape index (κ2) is 7.40. The van der Waals surface area contributed by atoms with Gasteiger partial charge >= 0.3 is 0 Å². The monoisotopic (exact) mass is 441 g/mol. The van der Waals surface area contributed by atoms with E-state index in [1.54, 1.807) is 18.5 Å². The highest BCUT2D eigenvalue weighted by Gasteiger charge is 2.35. The molecule has 166 valence electrons. The number of nitrogens with two attached hydrogens (primary N) is 1. The lowest BCUT2D eigenvalue weighted by atomic mass is 9.86. The minimum absolute atomic E-state index is 0.133. The zero-order chi connectivity index (χ0) is 22.7. The molecule has 33 heavy (non-hydrogen) atoms. The first-order valence-corrected chi connectivity index (χ1v) is 11.3. The number of hydrogen-bond donors (Lipinski definition) is 1. The van der Waals surface area contributed by atoms with E-state index in [0.717, 1.165) is 58.7 Å². The number of fused-ring (bicyclic) bond motifs is 7. The summed E-state index contributed by atoms with van der Waals surface area (Å²) in [7, 11) is 0. The third kappa shape index (κ3) is 3.03. The van der Waals surface area contributed by atoms with Gasteiger partial charge in [-0.25, -0.2) is 9.37 Å². The SMILES string of the molecule is CCn1nc2c3c1-c1cnc(N)c(c1)O[C@H](C)c1cc(F)ccc1-c1ncccc1C3CC2. The summed E-state index contributed by atoms with van der Waals surface area (Å²) in [5.74, 6) is 0.593. The standard InChI is InChI=1S/C26H24FN5O/c1-3-32-25-15-11-22(26(28)30-13-15)33-14(2)20-12-16(27)6-7-19(20)24-18(5-4-10-29-24)17-8-9-21(31-32)23(17)25/h4-7,10-14,17H,3,8-9H2,1-2H3,(H2,28,30)/t14-,17?/m1/s1. The maximum Gasteiger partial charge on any atom is 0.166 e. The summed E-state index contributed by atoms with van der Waals surface area (Å²) in [4.78, 5) is 9.21. The number of nitrogens with zero attached hydrogens (tertiary/aromatic N) is 4. The van der Waals surface area contributed by atoms with E-state index < -0.39 is 6.10 Å². The molecule has 2 N–H and O–H groups in total.